The molecule has 112 valence electrons. The normalized spacial score (nSPS) is 12.0. The number of carbonyl (C=O) groups excluding carboxylic acids is 1. The third-order valence-electron chi connectivity index (χ3n) is 2.83. The average Bonchev–Trinajstić information content (AvgIpc) is 3.04. The van der Waals surface area contributed by atoms with Gasteiger partial charge in [0.1, 0.15) is 0 Å². The summed E-state index contributed by atoms with van der Waals surface area (Å²) in [4.78, 5) is 24.1. The molecule has 5 nitrogen and oxygen atoms in total. The molecule has 1 amide bonds. The van der Waals surface area contributed by atoms with Crippen LogP contribution in [0.4, 0.5) is 5.69 Å². The zero-order valence-corrected chi connectivity index (χ0v) is 13.1. The maximum atomic E-state index is 11.1. The summed E-state index contributed by atoms with van der Waals surface area (Å²) < 4.78 is 0. The van der Waals surface area contributed by atoms with E-state index in [1.54, 1.807) is 0 Å². The SMILES string of the molecule is CC(=O)Nc1ccsc1CNC(CC(=O)O)c1cccs1. The number of hydrogen-bond acceptors (Lipinski definition) is 5. The second-order valence-corrected chi connectivity index (χ2v) is 6.47. The number of anilines is 1. The van der Waals surface area contributed by atoms with Crippen LogP contribution in [0.2, 0.25) is 0 Å². The summed E-state index contributed by atoms with van der Waals surface area (Å²) in [5.74, 6) is -0.954. The van der Waals surface area contributed by atoms with Crippen molar-refractivity contribution in [2.75, 3.05) is 5.32 Å². The fraction of sp³-hybridized carbons (Fsp3) is 0.286. The van der Waals surface area contributed by atoms with Crippen LogP contribution in [0.3, 0.4) is 0 Å². The largest absolute Gasteiger partial charge is 0.481 e. The smallest absolute Gasteiger partial charge is 0.305 e. The third kappa shape index (κ3) is 4.66. The lowest BCUT2D eigenvalue weighted by atomic mass is 10.1. The van der Waals surface area contributed by atoms with Crippen molar-refractivity contribution in [1.29, 1.82) is 0 Å². The molecule has 0 aliphatic heterocycles. The summed E-state index contributed by atoms with van der Waals surface area (Å²) in [6.07, 6.45) is 0.0291. The first kappa shape index (κ1) is 15.7. The van der Waals surface area contributed by atoms with Crippen LogP contribution in [0, 0.1) is 0 Å². The average molecular weight is 324 g/mol. The van der Waals surface area contributed by atoms with Gasteiger partial charge in [0, 0.05) is 23.2 Å². The maximum Gasteiger partial charge on any atom is 0.305 e. The van der Waals surface area contributed by atoms with Crippen molar-refractivity contribution < 1.29 is 14.7 Å². The zero-order chi connectivity index (χ0) is 15.2. The van der Waals surface area contributed by atoms with Crippen LogP contribution in [0.15, 0.2) is 29.0 Å². The topological polar surface area (TPSA) is 78.4 Å². The Hall–Kier alpha value is -1.70. The van der Waals surface area contributed by atoms with Gasteiger partial charge in [-0.1, -0.05) is 6.07 Å². The van der Waals surface area contributed by atoms with E-state index >= 15 is 0 Å². The van der Waals surface area contributed by atoms with E-state index in [4.69, 9.17) is 5.11 Å². The van der Waals surface area contributed by atoms with E-state index in [0.717, 1.165) is 15.4 Å². The standard InChI is InChI=1S/C14H16N2O3S2/c1-9(17)16-10-4-6-21-13(10)8-15-11(7-14(18)19)12-3-2-5-20-12/h2-6,11,15H,7-8H2,1H3,(H,16,17)(H,18,19). The predicted molar refractivity (Wildman–Crippen MR) is 84.8 cm³/mol. The summed E-state index contributed by atoms with van der Waals surface area (Å²) in [6.45, 7) is 1.98. The summed E-state index contributed by atoms with van der Waals surface area (Å²) >= 11 is 3.06. The molecule has 0 aliphatic carbocycles. The van der Waals surface area contributed by atoms with Gasteiger partial charge in [0.15, 0.2) is 0 Å². The second kappa shape index (κ2) is 7.35. The molecule has 2 aromatic heterocycles. The summed E-state index contributed by atoms with van der Waals surface area (Å²) in [7, 11) is 0. The number of thiophene rings is 2. The van der Waals surface area contributed by atoms with Crippen molar-refractivity contribution in [3.8, 4) is 0 Å². The molecule has 0 saturated carbocycles. The zero-order valence-electron chi connectivity index (χ0n) is 11.5. The van der Waals surface area contributed by atoms with E-state index in [1.807, 2.05) is 29.0 Å². The van der Waals surface area contributed by atoms with Gasteiger partial charge in [-0.3, -0.25) is 9.59 Å². The number of carboxylic acids is 1. The first-order valence-electron chi connectivity index (χ1n) is 6.39. The molecule has 0 bridgehead atoms. The molecule has 0 aliphatic rings. The second-order valence-electron chi connectivity index (χ2n) is 4.49. The summed E-state index contributed by atoms with van der Waals surface area (Å²) in [5, 5.41) is 18.9. The lowest BCUT2D eigenvalue weighted by Gasteiger charge is -2.15. The fourth-order valence-electron chi connectivity index (χ4n) is 1.93. The van der Waals surface area contributed by atoms with Crippen molar-refractivity contribution in [2.24, 2.45) is 0 Å². The maximum absolute atomic E-state index is 11.1. The summed E-state index contributed by atoms with van der Waals surface area (Å²) in [6, 6.07) is 5.45. The van der Waals surface area contributed by atoms with Gasteiger partial charge in [-0.15, -0.1) is 22.7 Å². The van der Waals surface area contributed by atoms with Crippen molar-refractivity contribution in [3.63, 3.8) is 0 Å². The third-order valence-corrected chi connectivity index (χ3v) is 4.74. The van der Waals surface area contributed by atoms with E-state index in [0.29, 0.717) is 6.54 Å². The first-order chi connectivity index (χ1) is 10.1. The number of aliphatic carboxylic acids is 1. The van der Waals surface area contributed by atoms with Crippen LogP contribution in [-0.2, 0) is 16.1 Å². The Kier molecular flexibility index (Phi) is 5.49. The molecule has 3 N–H and O–H groups in total. The quantitative estimate of drug-likeness (QED) is 0.731. The number of rotatable bonds is 7. The Morgan fingerprint density at radius 2 is 2.10 bits per heavy atom. The van der Waals surface area contributed by atoms with Gasteiger partial charge < -0.3 is 15.7 Å². The predicted octanol–water partition coefficient (Wildman–Crippen LogP) is 3.07. The van der Waals surface area contributed by atoms with Crippen LogP contribution in [0.1, 0.15) is 29.1 Å². The van der Waals surface area contributed by atoms with Gasteiger partial charge in [0.25, 0.3) is 0 Å². The molecule has 0 radical (unpaired) electrons. The van der Waals surface area contributed by atoms with Crippen LogP contribution < -0.4 is 10.6 Å². The molecule has 0 spiro atoms. The molecule has 2 aromatic rings. The minimum Gasteiger partial charge on any atom is -0.481 e. The number of carboxylic acid groups (broad SMARTS) is 1. The Morgan fingerprint density at radius 1 is 1.29 bits per heavy atom. The molecule has 7 heteroatoms. The molecular formula is C14H16N2O3S2. The van der Waals surface area contributed by atoms with Crippen molar-refractivity contribution in [3.05, 3.63) is 38.7 Å². The number of carbonyl (C=O) groups is 2. The van der Waals surface area contributed by atoms with Crippen molar-refractivity contribution in [2.45, 2.75) is 25.9 Å². The van der Waals surface area contributed by atoms with E-state index in [1.165, 1.54) is 29.6 Å². The molecule has 1 atom stereocenters. The lowest BCUT2D eigenvalue weighted by Crippen LogP contribution is -2.23. The van der Waals surface area contributed by atoms with Crippen LogP contribution in [-0.4, -0.2) is 17.0 Å². The highest BCUT2D eigenvalue weighted by molar-refractivity contribution is 7.10. The molecule has 1 unspecified atom stereocenters. The first-order valence-corrected chi connectivity index (χ1v) is 8.14. The van der Waals surface area contributed by atoms with E-state index in [9.17, 15) is 9.59 Å². The summed E-state index contributed by atoms with van der Waals surface area (Å²) in [5.41, 5.74) is 0.778. The lowest BCUT2D eigenvalue weighted by molar-refractivity contribution is -0.137. The van der Waals surface area contributed by atoms with Gasteiger partial charge in [-0.25, -0.2) is 0 Å². The highest BCUT2D eigenvalue weighted by Gasteiger charge is 2.17. The van der Waals surface area contributed by atoms with Crippen LogP contribution in [0.25, 0.3) is 0 Å². The van der Waals surface area contributed by atoms with Gasteiger partial charge >= 0.3 is 5.97 Å². The van der Waals surface area contributed by atoms with Crippen molar-refractivity contribution >= 4 is 40.2 Å². The molecule has 0 aromatic carbocycles. The van der Waals surface area contributed by atoms with E-state index in [-0.39, 0.29) is 18.4 Å². The molecular weight excluding hydrogens is 308 g/mol. The highest BCUT2D eigenvalue weighted by Crippen LogP contribution is 2.26. The Morgan fingerprint density at radius 3 is 2.71 bits per heavy atom. The minimum absolute atomic E-state index is 0.0291. The van der Waals surface area contributed by atoms with E-state index < -0.39 is 5.97 Å². The molecule has 0 fully saturated rings. The van der Waals surface area contributed by atoms with Gasteiger partial charge in [-0.05, 0) is 22.9 Å². The minimum atomic E-state index is -0.839. The van der Waals surface area contributed by atoms with E-state index in [2.05, 4.69) is 10.6 Å². The fourth-order valence-corrected chi connectivity index (χ4v) is 3.52. The van der Waals surface area contributed by atoms with Crippen molar-refractivity contribution in [1.82, 2.24) is 5.32 Å². The number of hydrogen-bond donors (Lipinski definition) is 3. The molecule has 21 heavy (non-hydrogen) atoms. The monoisotopic (exact) mass is 324 g/mol. The Balaban J connectivity index is 2.03. The molecule has 0 saturated heterocycles. The highest BCUT2D eigenvalue weighted by atomic mass is 32.1. The number of nitrogens with one attached hydrogen (secondary N) is 2. The van der Waals surface area contributed by atoms with Gasteiger partial charge in [0.2, 0.25) is 5.91 Å². The molecule has 2 rings (SSSR count). The Bertz CT molecular complexity index is 608. The Labute approximate surface area is 130 Å². The van der Waals surface area contributed by atoms with Gasteiger partial charge in [-0.2, -0.15) is 0 Å². The molecule has 2 heterocycles. The van der Waals surface area contributed by atoms with Crippen LogP contribution >= 0.6 is 22.7 Å². The van der Waals surface area contributed by atoms with Crippen LogP contribution in [0.5, 0.6) is 0 Å². The van der Waals surface area contributed by atoms with Gasteiger partial charge in [0.05, 0.1) is 18.2 Å². The number of amides is 1.